The Morgan fingerprint density at radius 1 is 1.29 bits per heavy atom. The lowest BCUT2D eigenvalue weighted by Gasteiger charge is -2.18. The summed E-state index contributed by atoms with van der Waals surface area (Å²) in [6.07, 6.45) is 1.52. The molecule has 0 spiro atoms. The highest BCUT2D eigenvalue weighted by molar-refractivity contribution is 5.86. The van der Waals surface area contributed by atoms with Gasteiger partial charge < -0.3 is 9.64 Å². The average molecular weight is 189 g/mol. The van der Waals surface area contributed by atoms with Crippen molar-refractivity contribution in [1.29, 1.82) is 0 Å². The van der Waals surface area contributed by atoms with E-state index < -0.39 is 0 Å². The molecule has 14 heavy (non-hydrogen) atoms. The van der Waals surface area contributed by atoms with Crippen molar-refractivity contribution in [3.8, 4) is 0 Å². The van der Waals surface area contributed by atoms with E-state index in [-0.39, 0.29) is 5.97 Å². The molecular weight excluding hydrogens is 178 g/mol. The first-order valence-corrected chi connectivity index (χ1v) is 4.43. The van der Waals surface area contributed by atoms with Crippen molar-refractivity contribution in [3.05, 3.63) is 42.1 Å². The van der Waals surface area contributed by atoms with E-state index in [4.69, 9.17) is 4.74 Å². The molecule has 0 saturated heterocycles. The molecule has 0 aromatic heterocycles. The topological polar surface area (TPSA) is 29.5 Å². The molecule has 0 saturated carbocycles. The molecule has 0 N–H and O–H groups in total. The average Bonchev–Trinajstić information content (AvgIpc) is 2.65. The van der Waals surface area contributed by atoms with Crippen LogP contribution in [0.4, 0.5) is 5.69 Å². The van der Waals surface area contributed by atoms with Crippen LogP contribution < -0.4 is 4.90 Å². The van der Waals surface area contributed by atoms with E-state index in [9.17, 15) is 4.79 Å². The van der Waals surface area contributed by atoms with Crippen molar-refractivity contribution in [2.45, 2.75) is 0 Å². The van der Waals surface area contributed by atoms with Gasteiger partial charge in [0, 0.05) is 18.8 Å². The van der Waals surface area contributed by atoms with E-state index in [1.807, 2.05) is 42.3 Å². The number of likely N-dealkylation sites (N-methyl/N-ethyl adjacent to an activating group) is 1. The normalized spacial score (nSPS) is 14.9. The van der Waals surface area contributed by atoms with Gasteiger partial charge in [-0.2, -0.15) is 0 Å². The number of carbonyl (C=O) groups is 1. The van der Waals surface area contributed by atoms with Crippen LogP contribution in [0.5, 0.6) is 0 Å². The first-order valence-electron chi connectivity index (χ1n) is 4.43. The van der Waals surface area contributed by atoms with Crippen LogP contribution in [0.3, 0.4) is 0 Å². The fourth-order valence-corrected chi connectivity index (χ4v) is 1.38. The number of para-hydroxylation sites is 1. The third-order valence-corrected chi connectivity index (χ3v) is 2.22. The van der Waals surface area contributed by atoms with Gasteiger partial charge >= 0.3 is 5.97 Å². The Hall–Kier alpha value is -1.77. The van der Waals surface area contributed by atoms with Crippen molar-refractivity contribution in [3.63, 3.8) is 0 Å². The molecule has 0 atom stereocenters. The second-order valence-electron chi connectivity index (χ2n) is 3.14. The fourth-order valence-electron chi connectivity index (χ4n) is 1.38. The van der Waals surface area contributed by atoms with Crippen molar-refractivity contribution >= 4 is 11.7 Å². The van der Waals surface area contributed by atoms with Gasteiger partial charge in [-0.05, 0) is 12.1 Å². The SMILES string of the molecule is CN(C1=CC(=O)OC1)c1ccccc1. The van der Waals surface area contributed by atoms with Crippen molar-refractivity contribution in [2.24, 2.45) is 0 Å². The van der Waals surface area contributed by atoms with Crippen LogP contribution >= 0.6 is 0 Å². The Morgan fingerprint density at radius 3 is 2.57 bits per heavy atom. The molecule has 72 valence electrons. The summed E-state index contributed by atoms with van der Waals surface area (Å²) in [5.41, 5.74) is 1.94. The van der Waals surface area contributed by atoms with Crippen LogP contribution in [0.15, 0.2) is 42.1 Å². The standard InChI is InChI=1S/C11H11NO2/c1-12(9-5-3-2-4-6-9)10-7-11(13)14-8-10/h2-7H,8H2,1H3. The minimum Gasteiger partial charge on any atom is -0.456 e. The molecule has 0 aliphatic carbocycles. The third-order valence-electron chi connectivity index (χ3n) is 2.22. The highest BCUT2D eigenvalue weighted by atomic mass is 16.5. The van der Waals surface area contributed by atoms with Crippen molar-refractivity contribution in [1.82, 2.24) is 0 Å². The Bertz CT molecular complexity index is 370. The fraction of sp³-hybridized carbons (Fsp3) is 0.182. The number of esters is 1. The van der Waals surface area contributed by atoms with Gasteiger partial charge in [0.05, 0.1) is 5.70 Å². The lowest BCUT2D eigenvalue weighted by atomic mass is 10.3. The first kappa shape index (κ1) is 8.81. The van der Waals surface area contributed by atoms with E-state index in [0.29, 0.717) is 6.61 Å². The van der Waals surface area contributed by atoms with Gasteiger partial charge in [-0.1, -0.05) is 18.2 Å². The zero-order chi connectivity index (χ0) is 9.97. The molecule has 0 bridgehead atoms. The van der Waals surface area contributed by atoms with Gasteiger partial charge in [0.2, 0.25) is 0 Å². The number of benzene rings is 1. The van der Waals surface area contributed by atoms with E-state index in [1.165, 1.54) is 6.08 Å². The summed E-state index contributed by atoms with van der Waals surface area (Å²) in [5.74, 6) is -0.261. The number of carbonyl (C=O) groups excluding carboxylic acids is 1. The summed E-state index contributed by atoms with van der Waals surface area (Å²) >= 11 is 0. The van der Waals surface area contributed by atoms with E-state index in [1.54, 1.807) is 0 Å². The van der Waals surface area contributed by atoms with Gasteiger partial charge in [-0.3, -0.25) is 0 Å². The molecule has 3 heteroatoms. The third kappa shape index (κ3) is 1.62. The zero-order valence-corrected chi connectivity index (χ0v) is 7.93. The molecular formula is C11H11NO2. The molecule has 1 aromatic carbocycles. The number of hydrogen-bond acceptors (Lipinski definition) is 3. The number of nitrogens with zero attached hydrogens (tertiary/aromatic N) is 1. The molecule has 1 aliphatic heterocycles. The van der Waals surface area contributed by atoms with Gasteiger partial charge in [-0.25, -0.2) is 4.79 Å². The van der Waals surface area contributed by atoms with Crippen LogP contribution in [0.25, 0.3) is 0 Å². The summed E-state index contributed by atoms with van der Waals surface area (Å²) in [4.78, 5) is 12.8. The monoisotopic (exact) mass is 189 g/mol. The zero-order valence-electron chi connectivity index (χ0n) is 7.93. The predicted molar refractivity (Wildman–Crippen MR) is 53.9 cm³/mol. The second kappa shape index (κ2) is 3.54. The lowest BCUT2D eigenvalue weighted by molar-refractivity contribution is -0.134. The van der Waals surface area contributed by atoms with Crippen LogP contribution in [-0.2, 0) is 9.53 Å². The molecule has 0 fully saturated rings. The van der Waals surface area contributed by atoms with Crippen molar-refractivity contribution in [2.75, 3.05) is 18.6 Å². The maximum Gasteiger partial charge on any atom is 0.333 e. The molecule has 1 aliphatic rings. The molecule has 0 amide bonds. The molecule has 1 heterocycles. The minimum atomic E-state index is -0.261. The molecule has 2 rings (SSSR count). The van der Waals surface area contributed by atoms with Crippen LogP contribution in [0.2, 0.25) is 0 Å². The molecule has 1 aromatic rings. The van der Waals surface area contributed by atoms with Crippen LogP contribution in [0, 0.1) is 0 Å². The van der Waals surface area contributed by atoms with Gasteiger partial charge in [0.1, 0.15) is 6.61 Å². The van der Waals surface area contributed by atoms with E-state index in [0.717, 1.165) is 11.4 Å². The summed E-state index contributed by atoms with van der Waals surface area (Å²) in [6, 6.07) is 9.86. The number of hydrogen-bond donors (Lipinski definition) is 0. The number of anilines is 1. The summed E-state index contributed by atoms with van der Waals surface area (Å²) in [7, 11) is 1.92. The molecule has 0 unspecified atom stereocenters. The summed E-state index contributed by atoms with van der Waals surface area (Å²) in [6.45, 7) is 0.365. The van der Waals surface area contributed by atoms with Crippen molar-refractivity contribution < 1.29 is 9.53 Å². The largest absolute Gasteiger partial charge is 0.456 e. The Balaban J connectivity index is 2.21. The Kier molecular flexibility index (Phi) is 2.23. The first-order chi connectivity index (χ1) is 6.77. The minimum absolute atomic E-state index is 0.261. The van der Waals surface area contributed by atoms with E-state index >= 15 is 0 Å². The van der Waals surface area contributed by atoms with Gasteiger partial charge in [0.25, 0.3) is 0 Å². The molecule has 0 radical (unpaired) electrons. The number of ether oxygens (including phenoxy) is 1. The van der Waals surface area contributed by atoms with Gasteiger partial charge in [-0.15, -0.1) is 0 Å². The van der Waals surface area contributed by atoms with Crippen LogP contribution in [-0.4, -0.2) is 19.6 Å². The summed E-state index contributed by atoms with van der Waals surface area (Å²) in [5, 5.41) is 0. The summed E-state index contributed by atoms with van der Waals surface area (Å²) < 4.78 is 4.83. The maximum atomic E-state index is 10.9. The highest BCUT2D eigenvalue weighted by Crippen LogP contribution is 2.19. The van der Waals surface area contributed by atoms with E-state index in [2.05, 4.69) is 0 Å². The second-order valence-corrected chi connectivity index (χ2v) is 3.14. The highest BCUT2D eigenvalue weighted by Gasteiger charge is 2.16. The number of cyclic esters (lactones) is 1. The Morgan fingerprint density at radius 2 is 2.00 bits per heavy atom. The Labute approximate surface area is 82.6 Å². The number of rotatable bonds is 2. The lowest BCUT2D eigenvalue weighted by Crippen LogP contribution is -2.17. The predicted octanol–water partition coefficient (Wildman–Crippen LogP) is 1.56. The quantitative estimate of drug-likeness (QED) is 0.661. The van der Waals surface area contributed by atoms with Gasteiger partial charge in [0.15, 0.2) is 0 Å². The smallest absolute Gasteiger partial charge is 0.333 e. The maximum absolute atomic E-state index is 10.9. The van der Waals surface area contributed by atoms with Crippen LogP contribution in [0.1, 0.15) is 0 Å². The molecule has 3 nitrogen and oxygen atoms in total.